The van der Waals surface area contributed by atoms with Crippen LogP contribution in [-0.4, -0.2) is 74.0 Å². The number of fused-ring (bicyclic) bond motifs is 2. The third-order valence-electron chi connectivity index (χ3n) is 10.7. The molecule has 8 aromatic rings. The molecule has 6 aromatic carbocycles. The molecule has 0 bridgehead atoms. The number of anilines is 2. The molecule has 2 aromatic heterocycles. The largest absolute Gasteiger partial charge is 0.396 e. The highest BCUT2D eigenvalue weighted by Gasteiger charge is 2.38. The molecule has 0 aliphatic carbocycles. The molecular formula is C52H46Cl4F6N6O8S3. The van der Waals surface area contributed by atoms with Gasteiger partial charge in [0.05, 0.1) is 79.9 Å². The third kappa shape index (κ3) is 15.5. The van der Waals surface area contributed by atoms with E-state index in [4.69, 9.17) is 39.6 Å². The Hall–Kier alpha value is -6.47. The minimum atomic E-state index is -4.75. The minimum absolute atomic E-state index is 0. The van der Waals surface area contributed by atoms with Gasteiger partial charge in [-0.3, -0.25) is 19.6 Å². The Labute approximate surface area is 471 Å². The maximum Gasteiger partial charge on any atom is 0.248 e. The van der Waals surface area contributed by atoms with Gasteiger partial charge >= 0.3 is 0 Å². The van der Waals surface area contributed by atoms with Crippen LogP contribution >= 0.6 is 46.3 Å². The molecule has 0 radical (unpaired) electrons. The lowest BCUT2D eigenvalue weighted by atomic mass is 10.0. The predicted molar refractivity (Wildman–Crippen MR) is 298 cm³/mol. The van der Waals surface area contributed by atoms with Crippen LogP contribution in [0.1, 0.15) is 79.3 Å². The monoisotopic (exact) mass is 1230 g/mol. The number of carbonyl (C=O) groups is 2. The van der Waals surface area contributed by atoms with Crippen molar-refractivity contribution in [3.8, 4) is 22.5 Å². The number of aromatic nitrogens is 4. The van der Waals surface area contributed by atoms with Crippen LogP contribution in [0.5, 0.6) is 0 Å². The van der Waals surface area contributed by atoms with Gasteiger partial charge in [-0.05, 0) is 79.9 Å². The Kier molecular flexibility index (Phi) is 22.3. The summed E-state index contributed by atoms with van der Waals surface area (Å²) >= 11 is 11.8. The van der Waals surface area contributed by atoms with Gasteiger partial charge in [0.2, 0.25) is 29.1 Å². The lowest BCUT2D eigenvalue weighted by Gasteiger charge is -2.25. The average Bonchev–Trinajstić information content (AvgIpc) is 3.39. The molecule has 0 amide bonds. The van der Waals surface area contributed by atoms with Crippen molar-refractivity contribution in [2.45, 2.75) is 47.5 Å². The van der Waals surface area contributed by atoms with Crippen LogP contribution in [0.25, 0.3) is 44.6 Å². The van der Waals surface area contributed by atoms with Crippen molar-refractivity contribution >= 4 is 120 Å². The Morgan fingerprint density at radius 1 is 0.532 bits per heavy atom. The first-order chi connectivity index (χ1) is 36.2. The average molecular weight is 1230 g/mol. The van der Waals surface area contributed by atoms with Gasteiger partial charge in [-0.15, -0.1) is 12.4 Å². The van der Waals surface area contributed by atoms with Gasteiger partial charge in [-0.2, -0.15) is 3.71 Å². The smallest absolute Gasteiger partial charge is 0.248 e. The van der Waals surface area contributed by atoms with E-state index in [2.05, 4.69) is 19.9 Å². The first kappa shape index (κ1) is 65.1. The first-order valence-corrected chi connectivity index (χ1v) is 29.1. The number of ketones is 2. The van der Waals surface area contributed by atoms with Crippen LogP contribution in [0, 0.1) is 34.9 Å². The summed E-state index contributed by atoms with van der Waals surface area (Å²) in [7, 11) is -7.89. The molecule has 0 fully saturated rings. The number of carbonyl (C=O) groups excluding carboxylic acids is 2. The molecule has 0 unspecified atom stereocenters. The Morgan fingerprint density at radius 3 is 1.28 bits per heavy atom. The molecule has 0 aliphatic rings. The van der Waals surface area contributed by atoms with Crippen molar-refractivity contribution < 1.29 is 61.2 Å². The van der Waals surface area contributed by atoms with E-state index < -0.39 is 110 Å². The summed E-state index contributed by atoms with van der Waals surface area (Å²) < 4.78 is 159. The van der Waals surface area contributed by atoms with Gasteiger partial charge in [0, 0.05) is 55.1 Å². The van der Waals surface area contributed by atoms with Gasteiger partial charge < -0.3 is 5.73 Å². The number of nitrogen functional groups attached to an aromatic ring is 1. The van der Waals surface area contributed by atoms with E-state index in [1.165, 1.54) is 56.4 Å². The molecule has 14 nitrogen and oxygen atoms in total. The molecule has 2 N–H and O–H groups in total. The first-order valence-electron chi connectivity index (χ1n) is 22.6. The molecule has 0 aliphatic heterocycles. The topological polar surface area (TPSA) is 217 Å². The lowest BCUT2D eigenvalue weighted by molar-refractivity contribution is 0.102. The van der Waals surface area contributed by atoms with Crippen LogP contribution in [0.2, 0.25) is 10.0 Å². The van der Waals surface area contributed by atoms with Gasteiger partial charge in [0.25, 0.3) is 0 Å². The van der Waals surface area contributed by atoms with Crippen LogP contribution < -0.4 is 9.44 Å². The highest BCUT2D eigenvalue weighted by molar-refractivity contribution is 8.13. The van der Waals surface area contributed by atoms with Crippen LogP contribution in [0.4, 0.5) is 37.7 Å². The molecule has 27 heteroatoms. The number of nitrogens with zero attached hydrogens (tertiary/aromatic N) is 5. The number of sulfonamides is 2. The molecule has 8 rings (SSSR count). The van der Waals surface area contributed by atoms with E-state index in [1.807, 2.05) is 0 Å². The van der Waals surface area contributed by atoms with Crippen LogP contribution in [0.15, 0.2) is 109 Å². The molecule has 0 saturated carbocycles. The summed E-state index contributed by atoms with van der Waals surface area (Å²) in [5.41, 5.74) is 4.07. The van der Waals surface area contributed by atoms with Crippen molar-refractivity contribution in [1.82, 2.24) is 19.9 Å². The minimum Gasteiger partial charge on any atom is -0.396 e. The second-order valence-corrected chi connectivity index (χ2v) is 24.4. The summed E-state index contributed by atoms with van der Waals surface area (Å²) in [5, 5.41) is 1.06. The van der Waals surface area contributed by atoms with Crippen LogP contribution in [-0.2, 0) is 29.1 Å². The van der Waals surface area contributed by atoms with Crippen molar-refractivity contribution in [3.63, 3.8) is 0 Å². The summed E-state index contributed by atoms with van der Waals surface area (Å²) in [4.78, 5) is 43.5. The van der Waals surface area contributed by atoms with E-state index in [1.54, 1.807) is 61.7 Å². The van der Waals surface area contributed by atoms with Gasteiger partial charge in [-0.1, -0.05) is 75.7 Å². The number of hydrogen-bond donors (Lipinski definition) is 1. The maximum atomic E-state index is 15.8. The molecule has 79 heavy (non-hydrogen) atoms. The predicted octanol–water partition coefficient (Wildman–Crippen LogP) is 13.1. The van der Waals surface area contributed by atoms with E-state index >= 15 is 4.39 Å². The second-order valence-electron chi connectivity index (χ2n) is 16.5. The second kappa shape index (κ2) is 27.1. The standard InChI is InChI=1S/C27H23ClF3N3O5S2.C21H11ClF3N3O.C3H7ClO2S.CH4.ClH/c1-3-11-40(36,37)34(41(38,39)12-4-2)23-14-19(29)25(30)24(26(23)31)27(35)17-7-10-20-21(13-17)33-22(15-32-20)16-5-8-18(28)9-6-16;22-12-4-1-10(2-5-12)17-9-27-15-6-3-11(7-16(15)28-17)21(29)18-19(24)13(23)8-14(26)20(18)25;1-2-3-7(4,5)6;;/h5-10,13-15H,3-4,11-12H2,1-2H3;1-9H,26H2;2-3H2,1H3;1H4;1H. The molecule has 2 heterocycles. The van der Waals surface area contributed by atoms with Crippen molar-refractivity contribution in [2.24, 2.45) is 0 Å². The van der Waals surface area contributed by atoms with E-state index in [9.17, 15) is 56.8 Å². The van der Waals surface area contributed by atoms with Crippen molar-refractivity contribution in [1.29, 1.82) is 0 Å². The van der Waals surface area contributed by atoms with Crippen molar-refractivity contribution in [3.05, 3.63) is 177 Å². The summed E-state index contributed by atoms with van der Waals surface area (Å²) in [6.07, 6.45) is 3.53. The van der Waals surface area contributed by atoms with Gasteiger partial charge in [0.1, 0.15) is 5.69 Å². The quantitative estimate of drug-likeness (QED) is 0.0332. The zero-order chi connectivity index (χ0) is 56.7. The molecule has 420 valence electrons. The Morgan fingerprint density at radius 2 is 0.911 bits per heavy atom. The van der Waals surface area contributed by atoms with E-state index in [0.29, 0.717) is 56.0 Å². The summed E-state index contributed by atoms with van der Waals surface area (Å²) in [6, 6.07) is 22.1. The number of hydrogen-bond acceptors (Lipinski definition) is 13. The highest BCUT2D eigenvalue weighted by Crippen LogP contribution is 2.34. The summed E-state index contributed by atoms with van der Waals surface area (Å²) in [6.45, 7) is 4.65. The SMILES string of the molecule is C.CCCS(=O)(=O)Cl.CCCS(=O)(=O)N(c1cc(F)c(F)c(C(=O)c2ccc3ncc(-c4ccc(Cl)cc4)nc3c2)c1F)S(=O)(=O)CCC.Cl.Nc1cc(F)c(F)c(C(=O)c2ccc3ncc(-c4ccc(Cl)cc4)nc3c2)c1F. The normalized spacial score (nSPS) is 11.3. The van der Waals surface area contributed by atoms with Crippen molar-refractivity contribution in [2.75, 3.05) is 26.7 Å². The fourth-order valence-corrected chi connectivity index (χ4v) is 12.5. The molecule has 0 atom stereocenters. The fourth-order valence-electron chi connectivity index (χ4n) is 7.26. The molecule has 0 saturated heterocycles. The number of nitrogens with two attached hydrogens (primary N) is 1. The zero-order valence-corrected chi connectivity index (χ0v) is 46.3. The molecular weight excluding hydrogens is 1190 g/mol. The Balaban J connectivity index is 0.000000309. The number of rotatable bonds is 15. The Bertz CT molecular complexity index is 3870. The highest BCUT2D eigenvalue weighted by atomic mass is 35.7. The van der Waals surface area contributed by atoms with Crippen LogP contribution in [0.3, 0.4) is 0 Å². The summed E-state index contributed by atoms with van der Waals surface area (Å²) in [5.74, 6) is -13.6. The van der Waals surface area contributed by atoms with Gasteiger partial charge in [0.15, 0.2) is 46.5 Å². The van der Waals surface area contributed by atoms with E-state index in [-0.39, 0.29) is 64.8 Å². The third-order valence-corrected chi connectivity index (χ3v) is 17.2. The number of halogens is 10. The maximum absolute atomic E-state index is 15.8. The number of benzene rings is 6. The molecule has 0 spiro atoms. The zero-order valence-electron chi connectivity index (χ0n) is 40.7. The van der Waals surface area contributed by atoms with Gasteiger partial charge in [-0.25, -0.2) is 61.6 Å². The van der Waals surface area contributed by atoms with E-state index in [0.717, 1.165) is 5.56 Å². The fraction of sp³-hybridized carbons (Fsp3) is 0.192. The lowest BCUT2D eigenvalue weighted by Crippen LogP contribution is -2.40.